The molecule has 3 aromatic carbocycles. The number of hydrazine groups is 1. The van der Waals surface area contributed by atoms with Gasteiger partial charge in [-0.05, 0) is 35.4 Å². The van der Waals surface area contributed by atoms with Gasteiger partial charge in [0.15, 0.2) is 0 Å². The lowest BCUT2D eigenvalue weighted by Crippen LogP contribution is -2.42. The first kappa shape index (κ1) is 19.6. The third kappa shape index (κ3) is 5.44. The van der Waals surface area contributed by atoms with Crippen molar-refractivity contribution in [1.82, 2.24) is 10.9 Å². The molecule has 28 heavy (non-hydrogen) atoms. The third-order valence-electron chi connectivity index (χ3n) is 4.01. The predicted octanol–water partition coefficient (Wildman–Crippen LogP) is 4.11. The zero-order chi connectivity index (χ0) is 19.8. The highest BCUT2D eigenvalue weighted by atomic mass is 32.2. The van der Waals surface area contributed by atoms with Gasteiger partial charge in [-0.1, -0.05) is 60.7 Å². The Bertz CT molecular complexity index is 879. The molecule has 0 fully saturated rings. The fraction of sp³-hybridized carbons (Fsp3) is 0.0909. The number of hydrogen-bond donors (Lipinski definition) is 2. The van der Waals surface area contributed by atoms with Gasteiger partial charge in [0.05, 0.1) is 11.0 Å². The molecule has 0 radical (unpaired) electrons. The van der Waals surface area contributed by atoms with Crippen LogP contribution in [0.2, 0.25) is 0 Å². The van der Waals surface area contributed by atoms with Gasteiger partial charge in [0.1, 0.15) is 5.82 Å². The molecule has 0 saturated carbocycles. The van der Waals surface area contributed by atoms with Gasteiger partial charge in [-0.2, -0.15) is 0 Å². The first-order chi connectivity index (χ1) is 13.6. The number of benzene rings is 3. The highest BCUT2D eigenvalue weighted by Crippen LogP contribution is 2.35. The van der Waals surface area contributed by atoms with E-state index < -0.39 is 11.7 Å². The van der Waals surface area contributed by atoms with Gasteiger partial charge < -0.3 is 0 Å². The molecular formula is C22H19FN2O2S. The Morgan fingerprint density at radius 2 is 1.32 bits per heavy atom. The fourth-order valence-electron chi connectivity index (χ4n) is 2.64. The Hall–Kier alpha value is -3.12. The van der Waals surface area contributed by atoms with E-state index in [4.69, 9.17) is 0 Å². The van der Waals surface area contributed by atoms with Crippen LogP contribution >= 0.6 is 11.8 Å². The molecule has 0 spiro atoms. The maximum Gasteiger partial charge on any atom is 0.269 e. The average Bonchev–Trinajstić information content (AvgIpc) is 2.74. The molecule has 2 amide bonds. The topological polar surface area (TPSA) is 58.2 Å². The number of hydrogen-bond acceptors (Lipinski definition) is 3. The van der Waals surface area contributed by atoms with E-state index in [0.717, 1.165) is 11.1 Å². The van der Waals surface area contributed by atoms with Crippen molar-refractivity contribution in [2.24, 2.45) is 0 Å². The molecule has 2 N–H and O–H groups in total. The minimum absolute atomic E-state index is 0.000880. The number of carbonyl (C=O) groups excluding carboxylic acids is 2. The summed E-state index contributed by atoms with van der Waals surface area (Å²) in [7, 11) is 0. The number of rotatable bonds is 6. The van der Waals surface area contributed by atoms with Crippen molar-refractivity contribution in [2.45, 2.75) is 5.25 Å². The van der Waals surface area contributed by atoms with E-state index in [9.17, 15) is 14.0 Å². The monoisotopic (exact) mass is 394 g/mol. The highest BCUT2D eigenvalue weighted by Gasteiger charge is 2.16. The molecule has 0 aliphatic rings. The van der Waals surface area contributed by atoms with Gasteiger partial charge in [-0.25, -0.2) is 4.39 Å². The van der Waals surface area contributed by atoms with Crippen LogP contribution in [-0.4, -0.2) is 17.6 Å². The van der Waals surface area contributed by atoms with Crippen LogP contribution in [0.3, 0.4) is 0 Å². The fourth-order valence-corrected chi connectivity index (χ4v) is 3.72. The summed E-state index contributed by atoms with van der Waals surface area (Å²) < 4.78 is 12.9. The number of amides is 2. The molecule has 6 heteroatoms. The van der Waals surface area contributed by atoms with Gasteiger partial charge in [-0.15, -0.1) is 11.8 Å². The number of nitrogens with one attached hydrogen (secondary N) is 2. The molecule has 0 aliphatic carbocycles. The molecule has 3 rings (SSSR count). The molecule has 142 valence electrons. The average molecular weight is 394 g/mol. The molecule has 0 aliphatic heterocycles. The zero-order valence-electron chi connectivity index (χ0n) is 15.0. The van der Waals surface area contributed by atoms with Crippen LogP contribution in [0.1, 0.15) is 26.7 Å². The third-order valence-corrected chi connectivity index (χ3v) is 5.31. The van der Waals surface area contributed by atoms with E-state index in [1.165, 1.54) is 36.0 Å². The van der Waals surface area contributed by atoms with Crippen molar-refractivity contribution in [3.8, 4) is 0 Å². The summed E-state index contributed by atoms with van der Waals surface area (Å²) in [6.45, 7) is 0. The van der Waals surface area contributed by atoms with Crippen molar-refractivity contribution in [1.29, 1.82) is 0 Å². The number of carbonyl (C=O) groups is 2. The summed E-state index contributed by atoms with van der Waals surface area (Å²) in [4.78, 5) is 24.2. The molecule has 0 saturated heterocycles. The Morgan fingerprint density at radius 1 is 0.786 bits per heavy atom. The van der Waals surface area contributed by atoms with Crippen LogP contribution in [0.15, 0.2) is 84.9 Å². The van der Waals surface area contributed by atoms with E-state index in [1.54, 1.807) is 0 Å². The second-order valence-corrected chi connectivity index (χ2v) is 7.12. The summed E-state index contributed by atoms with van der Waals surface area (Å²) in [5, 5.41) is 0.000880. The lowest BCUT2D eigenvalue weighted by molar-refractivity contribution is -0.119. The Kier molecular flexibility index (Phi) is 6.81. The van der Waals surface area contributed by atoms with Crippen molar-refractivity contribution in [3.05, 3.63) is 107 Å². The highest BCUT2D eigenvalue weighted by molar-refractivity contribution is 8.00. The summed E-state index contributed by atoms with van der Waals surface area (Å²) in [6, 6.07) is 25.0. The minimum Gasteiger partial charge on any atom is -0.272 e. The second-order valence-electron chi connectivity index (χ2n) is 6.02. The van der Waals surface area contributed by atoms with Gasteiger partial charge >= 0.3 is 0 Å². The van der Waals surface area contributed by atoms with E-state index in [1.807, 2.05) is 60.7 Å². The van der Waals surface area contributed by atoms with Crippen molar-refractivity contribution in [2.75, 3.05) is 5.75 Å². The smallest absolute Gasteiger partial charge is 0.269 e. The van der Waals surface area contributed by atoms with Crippen molar-refractivity contribution >= 4 is 23.6 Å². The molecule has 0 unspecified atom stereocenters. The van der Waals surface area contributed by atoms with E-state index >= 15 is 0 Å². The standard InChI is InChI=1S/C22H19FN2O2S/c23-19-13-11-18(12-14-19)22(27)25-24-20(26)15-28-21(16-7-3-1-4-8-16)17-9-5-2-6-10-17/h1-14,21H,15H2,(H,24,26)(H,25,27). The lowest BCUT2D eigenvalue weighted by atomic mass is 10.0. The molecule has 0 atom stereocenters. The Balaban J connectivity index is 1.58. The quantitative estimate of drug-likeness (QED) is 0.619. The predicted molar refractivity (Wildman–Crippen MR) is 109 cm³/mol. The maximum absolute atomic E-state index is 12.9. The van der Waals surface area contributed by atoms with Crippen LogP contribution in [0, 0.1) is 5.82 Å². The van der Waals surface area contributed by atoms with Crippen molar-refractivity contribution in [3.63, 3.8) is 0 Å². The van der Waals surface area contributed by atoms with Crippen LogP contribution in [0.5, 0.6) is 0 Å². The van der Waals surface area contributed by atoms with Crippen LogP contribution in [-0.2, 0) is 4.79 Å². The molecule has 0 heterocycles. The first-order valence-corrected chi connectivity index (χ1v) is 9.74. The summed E-state index contributed by atoms with van der Waals surface area (Å²) in [5.41, 5.74) is 7.21. The maximum atomic E-state index is 12.9. The second kappa shape index (κ2) is 9.71. The zero-order valence-corrected chi connectivity index (χ0v) is 15.8. The van der Waals surface area contributed by atoms with Crippen LogP contribution in [0.25, 0.3) is 0 Å². The van der Waals surface area contributed by atoms with Crippen LogP contribution < -0.4 is 10.9 Å². The van der Waals surface area contributed by atoms with E-state index in [0.29, 0.717) is 0 Å². The summed E-state index contributed by atoms with van der Waals surface area (Å²) in [5.74, 6) is -1.08. The van der Waals surface area contributed by atoms with Crippen molar-refractivity contribution < 1.29 is 14.0 Å². The van der Waals surface area contributed by atoms with E-state index in [2.05, 4.69) is 10.9 Å². The van der Waals surface area contributed by atoms with Crippen LogP contribution in [0.4, 0.5) is 4.39 Å². The van der Waals surface area contributed by atoms with E-state index in [-0.39, 0.29) is 22.5 Å². The normalized spacial score (nSPS) is 10.5. The molecule has 3 aromatic rings. The minimum atomic E-state index is -0.499. The molecule has 0 bridgehead atoms. The summed E-state index contributed by atoms with van der Waals surface area (Å²) >= 11 is 1.47. The van der Waals surface area contributed by atoms with Gasteiger partial charge in [-0.3, -0.25) is 20.4 Å². The Labute approximate surface area is 167 Å². The van der Waals surface area contributed by atoms with Gasteiger partial charge in [0.25, 0.3) is 5.91 Å². The summed E-state index contributed by atoms with van der Waals surface area (Å²) in [6.07, 6.45) is 0. The number of halogens is 1. The van der Waals surface area contributed by atoms with Gasteiger partial charge in [0, 0.05) is 5.56 Å². The SMILES string of the molecule is O=C(CSC(c1ccccc1)c1ccccc1)NNC(=O)c1ccc(F)cc1. The first-order valence-electron chi connectivity index (χ1n) is 8.70. The molecule has 4 nitrogen and oxygen atoms in total. The lowest BCUT2D eigenvalue weighted by Gasteiger charge is -2.17. The molecular weight excluding hydrogens is 375 g/mol. The molecule has 0 aromatic heterocycles. The Morgan fingerprint density at radius 3 is 1.86 bits per heavy atom. The number of thioether (sulfide) groups is 1. The van der Waals surface area contributed by atoms with Gasteiger partial charge in [0.2, 0.25) is 5.91 Å². The largest absolute Gasteiger partial charge is 0.272 e.